The summed E-state index contributed by atoms with van der Waals surface area (Å²) in [6.07, 6.45) is 0. The number of ether oxygens (including phenoxy) is 1. The maximum atomic E-state index is 13.2. The molecular formula is C21H21BrFN7O. The smallest absolute Gasteiger partial charge is 0.250 e. The van der Waals surface area contributed by atoms with Crippen LogP contribution in [0, 0.1) is 5.82 Å². The molecule has 8 nitrogen and oxygen atoms in total. The first-order valence-corrected chi connectivity index (χ1v) is 10.5. The van der Waals surface area contributed by atoms with Crippen molar-refractivity contribution >= 4 is 45.2 Å². The average Bonchev–Trinajstić information content (AvgIpc) is 2.78. The molecule has 0 saturated carbocycles. The van der Waals surface area contributed by atoms with Gasteiger partial charge in [0.1, 0.15) is 5.82 Å². The fourth-order valence-corrected chi connectivity index (χ4v) is 3.36. The zero-order valence-electron chi connectivity index (χ0n) is 16.8. The Balaban J connectivity index is 1.60. The van der Waals surface area contributed by atoms with Crippen molar-refractivity contribution in [3.63, 3.8) is 0 Å². The quantitative estimate of drug-likeness (QED) is 0.399. The van der Waals surface area contributed by atoms with Gasteiger partial charge in [-0.3, -0.25) is 0 Å². The summed E-state index contributed by atoms with van der Waals surface area (Å²) >= 11 is 3.47. The maximum absolute atomic E-state index is 13.2. The fourth-order valence-electron chi connectivity index (χ4n) is 2.96. The minimum absolute atomic E-state index is 0.291. The summed E-state index contributed by atoms with van der Waals surface area (Å²) in [4.78, 5) is 15.6. The van der Waals surface area contributed by atoms with Crippen LogP contribution in [0.2, 0.25) is 0 Å². The van der Waals surface area contributed by atoms with Crippen molar-refractivity contribution in [2.45, 2.75) is 6.92 Å². The molecule has 0 aliphatic carbocycles. The lowest BCUT2D eigenvalue weighted by atomic mass is 10.1. The first-order chi connectivity index (χ1) is 15.1. The van der Waals surface area contributed by atoms with Crippen LogP contribution in [0.3, 0.4) is 0 Å². The Labute approximate surface area is 187 Å². The van der Waals surface area contributed by atoms with Gasteiger partial charge in [0.2, 0.25) is 17.8 Å². The zero-order valence-corrected chi connectivity index (χ0v) is 18.4. The molecule has 1 aliphatic rings. The molecule has 0 bridgehead atoms. The van der Waals surface area contributed by atoms with Crippen LogP contribution in [0.15, 0.2) is 58.1 Å². The van der Waals surface area contributed by atoms with E-state index < -0.39 is 0 Å². The Kier molecular flexibility index (Phi) is 6.68. The minimum atomic E-state index is -0.291. The van der Waals surface area contributed by atoms with E-state index in [4.69, 9.17) is 4.74 Å². The number of anilines is 4. The molecule has 10 heteroatoms. The maximum Gasteiger partial charge on any atom is 0.250 e. The van der Waals surface area contributed by atoms with Gasteiger partial charge in [0.05, 0.1) is 18.9 Å². The van der Waals surface area contributed by atoms with Crippen molar-refractivity contribution in [3.8, 4) is 0 Å². The highest BCUT2D eigenvalue weighted by Crippen LogP contribution is 2.21. The van der Waals surface area contributed by atoms with Crippen molar-refractivity contribution in [1.82, 2.24) is 15.0 Å². The standard InChI is InChI=1S/C21H21BrFN7O/c1-14(15-5-7-17(23)8-6-15)28-29-20-25-19(24-18-4-2-3-16(22)13-18)26-21(27-20)30-9-11-31-12-10-30/h2-8,13H,9-12H2,1H3,(H2,24,25,26,27,29)/b28-14-. The van der Waals surface area contributed by atoms with E-state index in [2.05, 4.69) is 46.7 Å². The van der Waals surface area contributed by atoms with E-state index in [0.29, 0.717) is 49.9 Å². The van der Waals surface area contributed by atoms with Gasteiger partial charge >= 0.3 is 0 Å². The first kappa shape index (κ1) is 21.1. The summed E-state index contributed by atoms with van der Waals surface area (Å²) in [5, 5.41) is 7.57. The molecule has 0 spiro atoms. The van der Waals surface area contributed by atoms with Gasteiger partial charge in [-0.2, -0.15) is 20.1 Å². The molecule has 0 atom stereocenters. The van der Waals surface area contributed by atoms with Crippen molar-refractivity contribution in [2.24, 2.45) is 5.10 Å². The summed E-state index contributed by atoms with van der Waals surface area (Å²) in [6.45, 7) is 4.44. The second kappa shape index (κ2) is 9.80. The van der Waals surface area contributed by atoms with Gasteiger partial charge in [-0.25, -0.2) is 9.82 Å². The zero-order chi connectivity index (χ0) is 21.6. The normalized spacial score (nSPS) is 14.4. The molecule has 2 heterocycles. The summed E-state index contributed by atoms with van der Waals surface area (Å²) < 4.78 is 19.5. The van der Waals surface area contributed by atoms with Gasteiger partial charge in [-0.15, -0.1) is 0 Å². The van der Waals surface area contributed by atoms with E-state index in [1.54, 1.807) is 12.1 Å². The molecule has 2 aromatic carbocycles. The van der Waals surface area contributed by atoms with Crippen LogP contribution in [0.4, 0.5) is 27.9 Å². The van der Waals surface area contributed by atoms with E-state index in [-0.39, 0.29) is 5.82 Å². The summed E-state index contributed by atoms with van der Waals surface area (Å²) in [7, 11) is 0. The molecule has 160 valence electrons. The van der Waals surface area contributed by atoms with Crippen LogP contribution in [0.25, 0.3) is 0 Å². The third-order valence-corrected chi connectivity index (χ3v) is 5.08. The second-order valence-corrected chi connectivity index (χ2v) is 7.75. The molecule has 2 N–H and O–H groups in total. The topological polar surface area (TPSA) is 87.6 Å². The summed E-state index contributed by atoms with van der Waals surface area (Å²) in [5.74, 6) is 0.940. The largest absolute Gasteiger partial charge is 0.378 e. The lowest BCUT2D eigenvalue weighted by Crippen LogP contribution is -2.37. The Morgan fingerprint density at radius 2 is 1.81 bits per heavy atom. The fraction of sp³-hybridized carbons (Fsp3) is 0.238. The molecule has 1 aromatic heterocycles. The highest BCUT2D eigenvalue weighted by Gasteiger charge is 2.17. The minimum Gasteiger partial charge on any atom is -0.378 e. The van der Waals surface area contributed by atoms with E-state index in [9.17, 15) is 4.39 Å². The van der Waals surface area contributed by atoms with Crippen molar-refractivity contribution in [3.05, 3.63) is 64.4 Å². The highest BCUT2D eigenvalue weighted by atomic mass is 79.9. The lowest BCUT2D eigenvalue weighted by molar-refractivity contribution is 0.122. The first-order valence-electron chi connectivity index (χ1n) is 9.74. The van der Waals surface area contributed by atoms with Crippen molar-refractivity contribution in [1.29, 1.82) is 0 Å². The number of nitrogens with one attached hydrogen (secondary N) is 2. The third-order valence-electron chi connectivity index (χ3n) is 4.58. The Hall–Kier alpha value is -3.11. The number of halogens is 2. The van der Waals surface area contributed by atoms with Gasteiger partial charge in [-0.05, 0) is 42.8 Å². The van der Waals surface area contributed by atoms with E-state index in [1.807, 2.05) is 36.1 Å². The number of hydrazone groups is 1. The molecule has 0 amide bonds. The SMILES string of the molecule is C/C(=N/Nc1nc(Nc2cccc(Br)c2)nc(N2CCOCC2)n1)c1ccc(F)cc1. The number of nitrogens with zero attached hydrogens (tertiary/aromatic N) is 5. The van der Waals surface area contributed by atoms with Crippen molar-refractivity contribution in [2.75, 3.05) is 41.9 Å². The monoisotopic (exact) mass is 485 g/mol. The Morgan fingerprint density at radius 3 is 2.55 bits per heavy atom. The van der Waals surface area contributed by atoms with Gasteiger partial charge in [0, 0.05) is 23.2 Å². The van der Waals surface area contributed by atoms with Crippen LogP contribution >= 0.6 is 15.9 Å². The summed E-state index contributed by atoms with van der Waals surface area (Å²) in [5.41, 5.74) is 5.21. The van der Waals surface area contributed by atoms with Crippen LogP contribution in [0.5, 0.6) is 0 Å². The van der Waals surface area contributed by atoms with Gasteiger partial charge < -0.3 is 15.0 Å². The predicted octanol–water partition coefficient (Wildman–Crippen LogP) is 4.19. The van der Waals surface area contributed by atoms with Crippen LogP contribution in [-0.2, 0) is 4.74 Å². The predicted molar refractivity (Wildman–Crippen MR) is 123 cm³/mol. The molecule has 31 heavy (non-hydrogen) atoms. The van der Waals surface area contributed by atoms with Crippen molar-refractivity contribution < 1.29 is 9.13 Å². The number of rotatable bonds is 6. The molecule has 0 radical (unpaired) electrons. The number of morpholine rings is 1. The molecule has 1 fully saturated rings. The number of aromatic nitrogens is 3. The average molecular weight is 486 g/mol. The summed E-state index contributed by atoms with van der Waals surface area (Å²) in [6, 6.07) is 13.9. The molecule has 1 aliphatic heterocycles. The van der Waals surface area contributed by atoms with Crippen LogP contribution in [-0.4, -0.2) is 47.0 Å². The molecule has 0 unspecified atom stereocenters. The van der Waals surface area contributed by atoms with Gasteiger partial charge in [0.15, 0.2) is 0 Å². The molecule has 1 saturated heterocycles. The van der Waals surface area contributed by atoms with Gasteiger partial charge in [-0.1, -0.05) is 34.1 Å². The molecule has 4 rings (SSSR count). The number of benzene rings is 2. The van der Waals surface area contributed by atoms with E-state index in [1.165, 1.54) is 12.1 Å². The Morgan fingerprint density at radius 1 is 1.06 bits per heavy atom. The number of hydrogen-bond donors (Lipinski definition) is 2. The highest BCUT2D eigenvalue weighted by molar-refractivity contribution is 9.10. The van der Waals surface area contributed by atoms with E-state index >= 15 is 0 Å². The van der Waals surface area contributed by atoms with Crippen LogP contribution < -0.4 is 15.6 Å². The third kappa shape index (κ3) is 5.74. The molecule has 3 aromatic rings. The molecular weight excluding hydrogens is 465 g/mol. The Bertz CT molecular complexity index is 1070. The van der Waals surface area contributed by atoms with Crippen LogP contribution in [0.1, 0.15) is 12.5 Å². The van der Waals surface area contributed by atoms with Gasteiger partial charge in [0.25, 0.3) is 0 Å². The lowest BCUT2D eigenvalue weighted by Gasteiger charge is -2.27. The van der Waals surface area contributed by atoms with E-state index in [0.717, 1.165) is 15.7 Å². The second-order valence-electron chi connectivity index (χ2n) is 6.83. The number of hydrogen-bond acceptors (Lipinski definition) is 8.